The summed E-state index contributed by atoms with van der Waals surface area (Å²) in [6.07, 6.45) is 1.03. The summed E-state index contributed by atoms with van der Waals surface area (Å²) in [5.74, 6) is -0.292. The molecule has 1 fully saturated rings. The zero-order valence-electron chi connectivity index (χ0n) is 11.0. The predicted molar refractivity (Wildman–Crippen MR) is 67.3 cm³/mol. The van der Waals surface area contributed by atoms with Crippen LogP contribution in [0.25, 0.3) is 0 Å². The van der Waals surface area contributed by atoms with Crippen LogP contribution in [0.2, 0.25) is 0 Å². The van der Waals surface area contributed by atoms with Gasteiger partial charge < -0.3 is 15.4 Å². The lowest BCUT2D eigenvalue weighted by molar-refractivity contribution is -0.121. The topological polar surface area (TPSA) is 82.7 Å². The molecule has 1 heterocycles. The Morgan fingerprint density at radius 3 is 2.89 bits per heavy atom. The number of methoxy groups -OCH3 is 1. The fourth-order valence-electron chi connectivity index (χ4n) is 1.85. The number of urea groups is 1. The standard InChI is InChI=1S/C11H22N4O3/c1-15(9-3-4-12-7-9)8-10(16)14-11(17)13-5-6-18-2/h9,12H,3-8H2,1-2H3,(H2,13,14,16,17). The lowest BCUT2D eigenvalue weighted by atomic mass is 10.2. The molecule has 1 saturated heterocycles. The van der Waals surface area contributed by atoms with Crippen molar-refractivity contribution >= 4 is 11.9 Å². The second-order valence-corrected chi connectivity index (χ2v) is 4.36. The summed E-state index contributed by atoms with van der Waals surface area (Å²) in [6, 6.07) is -0.109. The van der Waals surface area contributed by atoms with Crippen LogP contribution < -0.4 is 16.0 Å². The van der Waals surface area contributed by atoms with Crippen LogP contribution in [0.3, 0.4) is 0 Å². The van der Waals surface area contributed by atoms with Crippen LogP contribution in [0.5, 0.6) is 0 Å². The number of carbonyl (C=O) groups excluding carboxylic acids is 2. The highest BCUT2D eigenvalue weighted by Crippen LogP contribution is 2.04. The number of ether oxygens (including phenoxy) is 1. The van der Waals surface area contributed by atoms with Gasteiger partial charge in [-0.25, -0.2) is 4.79 Å². The first kappa shape index (κ1) is 14.9. The van der Waals surface area contributed by atoms with Crippen molar-refractivity contribution in [3.63, 3.8) is 0 Å². The average Bonchev–Trinajstić information content (AvgIpc) is 2.82. The van der Waals surface area contributed by atoms with Gasteiger partial charge in [-0.15, -0.1) is 0 Å². The van der Waals surface area contributed by atoms with Gasteiger partial charge in [0.05, 0.1) is 13.2 Å². The molecule has 0 aromatic heterocycles. The molecule has 1 rings (SSSR count). The molecule has 1 atom stereocenters. The average molecular weight is 258 g/mol. The monoisotopic (exact) mass is 258 g/mol. The lowest BCUT2D eigenvalue weighted by Gasteiger charge is -2.22. The number of amides is 3. The van der Waals surface area contributed by atoms with E-state index < -0.39 is 6.03 Å². The van der Waals surface area contributed by atoms with Crippen LogP contribution >= 0.6 is 0 Å². The fraction of sp³-hybridized carbons (Fsp3) is 0.818. The van der Waals surface area contributed by atoms with Crippen molar-refractivity contribution in [2.45, 2.75) is 12.5 Å². The number of imide groups is 1. The molecule has 0 aliphatic carbocycles. The summed E-state index contributed by atoms with van der Waals surface area (Å²) in [5.41, 5.74) is 0. The first-order valence-corrected chi connectivity index (χ1v) is 6.11. The van der Waals surface area contributed by atoms with E-state index in [0.717, 1.165) is 19.5 Å². The Balaban J connectivity index is 2.17. The Labute approximate surface area is 107 Å². The van der Waals surface area contributed by atoms with Gasteiger partial charge in [0.2, 0.25) is 5.91 Å². The highest BCUT2D eigenvalue weighted by Gasteiger charge is 2.21. The number of hydrogen-bond donors (Lipinski definition) is 3. The van der Waals surface area contributed by atoms with Crippen LogP contribution in [0, 0.1) is 0 Å². The zero-order valence-corrected chi connectivity index (χ0v) is 11.0. The van der Waals surface area contributed by atoms with Gasteiger partial charge in [-0.1, -0.05) is 0 Å². The molecule has 1 unspecified atom stereocenters. The lowest BCUT2D eigenvalue weighted by Crippen LogP contribution is -2.46. The van der Waals surface area contributed by atoms with E-state index in [1.807, 2.05) is 11.9 Å². The van der Waals surface area contributed by atoms with Gasteiger partial charge in [0, 0.05) is 26.2 Å². The van der Waals surface area contributed by atoms with Gasteiger partial charge >= 0.3 is 6.03 Å². The summed E-state index contributed by atoms with van der Waals surface area (Å²) in [6.45, 7) is 2.91. The second kappa shape index (κ2) is 8.02. The van der Waals surface area contributed by atoms with Gasteiger partial charge in [-0.05, 0) is 20.0 Å². The number of carbonyl (C=O) groups is 2. The minimum atomic E-state index is -0.477. The molecular weight excluding hydrogens is 236 g/mol. The van der Waals surface area contributed by atoms with E-state index in [9.17, 15) is 9.59 Å². The van der Waals surface area contributed by atoms with Crippen LogP contribution in [0.15, 0.2) is 0 Å². The summed E-state index contributed by atoms with van der Waals surface area (Å²) in [5, 5.41) is 8.05. The predicted octanol–water partition coefficient (Wildman–Crippen LogP) is -1.25. The minimum absolute atomic E-state index is 0.226. The van der Waals surface area contributed by atoms with Crippen molar-refractivity contribution in [3.05, 3.63) is 0 Å². The first-order valence-electron chi connectivity index (χ1n) is 6.11. The largest absolute Gasteiger partial charge is 0.383 e. The van der Waals surface area contributed by atoms with Crippen LogP contribution in [0.4, 0.5) is 4.79 Å². The van der Waals surface area contributed by atoms with Crippen molar-refractivity contribution in [3.8, 4) is 0 Å². The van der Waals surface area contributed by atoms with E-state index in [1.54, 1.807) is 7.11 Å². The highest BCUT2D eigenvalue weighted by atomic mass is 16.5. The SMILES string of the molecule is COCCNC(=O)NC(=O)CN(C)C1CCNC1. The molecule has 18 heavy (non-hydrogen) atoms. The molecule has 1 aliphatic heterocycles. The Kier molecular flexibility index (Phi) is 6.63. The third-order valence-electron chi connectivity index (χ3n) is 2.90. The van der Waals surface area contributed by atoms with Crippen molar-refractivity contribution < 1.29 is 14.3 Å². The number of nitrogens with zero attached hydrogens (tertiary/aromatic N) is 1. The van der Waals surface area contributed by atoms with Gasteiger partial charge in [0.25, 0.3) is 0 Å². The maximum atomic E-state index is 11.6. The maximum Gasteiger partial charge on any atom is 0.321 e. The van der Waals surface area contributed by atoms with Crippen molar-refractivity contribution in [1.29, 1.82) is 0 Å². The van der Waals surface area contributed by atoms with E-state index in [4.69, 9.17) is 4.74 Å². The number of likely N-dealkylation sites (N-methyl/N-ethyl adjacent to an activating group) is 1. The molecule has 3 amide bonds. The van der Waals surface area contributed by atoms with Crippen LogP contribution in [-0.4, -0.2) is 69.8 Å². The molecule has 3 N–H and O–H groups in total. The van der Waals surface area contributed by atoms with E-state index in [2.05, 4.69) is 16.0 Å². The van der Waals surface area contributed by atoms with E-state index in [0.29, 0.717) is 19.2 Å². The van der Waals surface area contributed by atoms with Gasteiger partial charge in [0.15, 0.2) is 0 Å². The van der Waals surface area contributed by atoms with Crippen molar-refractivity contribution in [2.75, 3.05) is 46.9 Å². The molecule has 7 nitrogen and oxygen atoms in total. The second-order valence-electron chi connectivity index (χ2n) is 4.36. The fourth-order valence-corrected chi connectivity index (χ4v) is 1.85. The summed E-state index contributed by atoms with van der Waals surface area (Å²) >= 11 is 0. The molecular formula is C11H22N4O3. The number of hydrogen-bond acceptors (Lipinski definition) is 5. The zero-order chi connectivity index (χ0) is 13.4. The van der Waals surface area contributed by atoms with Crippen molar-refractivity contribution in [2.24, 2.45) is 0 Å². The Bertz CT molecular complexity index is 279. The van der Waals surface area contributed by atoms with E-state index in [1.165, 1.54) is 0 Å². The van der Waals surface area contributed by atoms with Gasteiger partial charge in [-0.3, -0.25) is 15.0 Å². The van der Waals surface area contributed by atoms with Gasteiger partial charge in [0.1, 0.15) is 0 Å². The van der Waals surface area contributed by atoms with E-state index >= 15 is 0 Å². The smallest absolute Gasteiger partial charge is 0.321 e. The van der Waals surface area contributed by atoms with Crippen molar-refractivity contribution in [1.82, 2.24) is 20.9 Å². The molecule has 0 saturated carbocycles. The first-order chi connectivity index (χ1) is 8.63. The summed E-state index contributed by atoms with van der Waals surface area (Å²) in [7, 11) is 3.44. The summed E-state index contributed by atoms with van der Waals surface area (Å²) < 4.78 is 4.79. The summed E-state index contributed by atoms with van der Waals surface area (Å²) in [4.78, 5) is 24.8. The quantitative estimate of drug-likeness (QED) is 0.519. The van der Waals surface area contributed by atoms with Crippen LogP contribution in [0.1, 0.15) is 6.42 Å². The third-order valence-corrected chi connectivity index (χ3v) is 2.90. The minimum Gasteiger partial charge on any atom is -0.383 e. The Morgan fingerprint density at radius 1 is 1.50 bits per heavy atom. The maximum absolute atomic E-state index is 11.6. The number of nitrogens with one attached hydrogen (secondary N) is 3. The normalized spacial score (nSPS) is 18.9. The highest BCUT2D eigenvalue weighted by molar-refractivity contribution is 5.95. The molecule has 104 valence electrons. The molecule has 0 spiro atoms. The molecule has 7 heteroatoms. The third kappa shape index (κ3) is 5.44. The van der Waals surface area contributed by atoms with Gasteiger partial charge in [-0.2, -0.15) is 0 Å². The number of rotatable bonds is 6. The Hall–Kier alpha value is -1.18. The van der Waals surface area contributed by atoms with E-state index in [-0.39, 0.29) is 12.5 Å². The Morgan fingerprint density at radius 2 is 2.28 bits per heavy atom. The van der Waals surface area contributed by atoms with Crippen LogP contribution in [-0.2, 0) is 9.53 Å². The molecule has 0 aromatic rings. The molecule has 0 bridgehead atoms. The molecule has 1 aliphatic rings. The molecule has 0 aromatic carbocycles. The molecule has 0 radical (unpaired) electrons.